The number of rotatable bonds is 6. The van der Waals surface area contributed by atoms with Gasteiger partial charge in [0.05, 0.1) is 6.54 Å². The van der Waals surface area contributed by atoms with Crippen LogP contribution in [-0.4, -0.2) is 49.4 Å². The number of amides is 2. The van der Waals surface area contributed by atoms with E-state index in [4.69, 9.17) is 9.15 Å². The van der Waals surface area contributed by atoms with Gasteiger partial charge >= 0.3 is 0 Å². The van der Waals surface area contributed by atoms with Crippen LogP contribution in [0, 0.1) is 13.8 Å². The molecule has 6 nitrogen and oxygen atoms in total. The lowest BCUT2D eigenvalue weighted by Crippen LogP contribution is -2.31. The van der Waals surface area contributed by atoms with Gasteiger partial charge in [-0.1, -0.05) is 6.07 Å². The summed E-state index contributed by atoms with van der Waals surface area (Å²) >= 11 is 0. The fourth-order valence-electron chi connectivity index (χ4n) is 2.29. The van der Waals surface area contributed by atoms with Crippen LogP contribution in [0.4, 0.5) is 0 Å². The molecule has 1 aromatic carbocycles. The zero-order valence-corrected chi connectivity index (χ0v) is 15.3. The SMILES string of the molecule is Cc1ccc(CN(C)C(=O)COc2cc(C(=O)N(C)C)ccc2C)o1. The summed E-state index contributed by atoms with van der Waals surface area (Å²) in [5, 5.41) is 0. The van der Waals surface area contributed by atoms with Gasteiger partial charge in [0, 0.05) is 26.7 Å². The minimum absolute atomic E-state index is 0.101. The Morgan fingerprint density at radius 1 is 1.08 bits per heavy atom. The van der Waals surface area contributed by atoms with E-state index >= 15 is 0 Å². The summed E-state index contributed by atoms with van der Waals surface area (Å²) in [6, 6.07) is 8.94. The molecule has 2 aromatic rings. The van der Waals surface area contributed by atoms with E-state index in [1.165, 1.54) is 4.90 Å². The number of benzene rings is 1. The quantitative estimate of drug-likeness (QED) is 0.808. The van der Waals surface area contributed by atoms with Gasteiger partial charge in [-0.05, 0) is 43.7 Å². The fourth-order valence-corrected chi connectivity index (χ4v) is 2.29. The molecule has 6 heteroatoms. The van der Waals surface area contributed by atoms with Crippen LogP contribution in [-0.2, 0) is 11.3 Å². The first-order valence-corrected chi connectivity index (χ1v) is 8.02. The first-order valence-electron chi connectivity index (χ1n) is 8.02. The summed E-state index contributed by atoms with van der Waals surface area (Å²) in [6.07, 6.45) is 0. The molecule has 0 atom stereocenters. The van der Waals surface area contributed by atoms with Crippen molar-refractivity contribution in [1.82, 2.24) is 9.80 Å². The highest BCUT2D eigenvalue weighted by atomic mass is 16.5. The maximum atomic E-state index is 12.2. The minimum atomic E-state index is -0.169. The first kappa shape index (κ1) is 18.6. The van der Waals surface area contributed by atoms with Crippen LogP contribution < -0.4 is 4.74 Å². The predicted molar refractivity (Wildman–Crippen MR) is 94.6 cm³/mol. The number of ether oxygens (including phenoxy) is 1. The Kier molecular flexibility index (Phi) is 5.85. The van der Waals surface area contributed by atoms with Crippen molar-refractivity contribution in [3.8, 4) is 5.75 Å². The molecule has 1 aromatic heterocycles. The highest BCUT2D eigenvalue weighted by molar-refractivity contribution is 5.94. The van der Waals surface area contributed by atoms with E-state index in [2.05, 4.69) is 0 Å². The molecule has 0 fully saturated rings. The van der Waals surface area contributed by atoms with Crippen LogP contribution in [0.15, 0.2) is 34.7 Å². The number of aryl methyl sites for hydroxylation is 2. The second-order valence-corrected chi connectivity index (χ2v) is 6.23. The second kappa shape index (κ2) is 7.88. The Bertz CT molecular complexity index is 765. The standard InChI is InChI=1S/C19H24N2O4/c1-13-6-8-15(19(23)20(3)4)10-17(13)24-12-18(22)21(5)11-16-9-7-14(2)25-16/h6-10H,11-12H2,1-5H3. The van der Waals surface area contributed by atoms with Crippen LogP contribution in [0.1, 0.15) is 27.4 Å². The zero-order valence-electron chi connectivity index (χ0n) is 15.3. The molecule has 0 aliphatic heterocycles. The molecule has 0 aliphatic rings. The van der Waals surface area contributed by atoms with Crippen molar-refractivity contribution in [1.29, 1.82) is 0 Å². The fraction of sp³-hybridized carbons (Fsp3) is 0.368. The Balaban J connectivity index is 1.98. The average Bonchev–Trinajstić information content (AvgIpc) is 2.97. The minimum Gasteiger partial charge on any atom is -0.483 e. The molecule has 0 saturated heterocycles. The van der Waals surface area contributed by atoms with Crippen LogP contribution in [0.5, 0.6) is 5.75 Å². The van der Waals surface area contributed by atoms with Gasteiger partial charge in [-0.2, -0.15) is 0 Å². The van der Waals surface area contributed by atoms with Gasteiger partial charge in [-0.3, -0.25) is 9.59 Å². The van der Waals surface area contributed by atoms with Gasteiger partial charge in [0.15, 0.2) is 6.61 Å². The van der Waals surface area contributed by atoms with Crippen LogP contribution in [0.3, 0.4) is 0 Å². The highest BCUT2D eigenvalue weighted by Crippen LogP contribution is 2.20. The third kappa shape index (κ3) is 4.86. The molecular formula is C19H24N2O4. The Labute approximate surface area is 148 Å². The summed E-state index contributed by atoms with van der Waals surface area (Å²) in [6.45, 7) is 4.02. The zero-order chi connectivity index (χ0) is 18.6. The summed E-state index contributed by atoms with van der Waals surface area (Å²) in [5.74, 6) is 1.79. The van der Waals surface area contributed by atoms with E-state index in [0.29, 0.717) is 17.9 Å². The van der Waals surface area contributed by atoms with E-state index in [1.807, 2.05) is 32.0 Å². The first-order chi connectivity index (χ1) is 11.8. The van der Waals surface area contributed by atoms with Gasteiger partial charge < -0.3 is 19.0 Å². The molecule has 0 saturated carbocycles. The molecule has 0 aliphatic carbocycles. The van der Waals surface area contributed by atoms with E-state index in [1.54, 1.807) is 38.2 Å². The molecule has 0 bridgehead atoms. The van der Waals surface area contributed by atoms with E-state index < -0.39 is 0 Å². The van der Waals surface area contributed by atoms with Crippen molar-refractivity contribution in [3.63, 3.8) is 0 Å². The lowest BCUT2D eigenvalue weighted by Gasteiger charge is -2.17. The van der Waals surface area contributed by atoms with Gasteiger partial charge in [-0.25, -0.2) is 0 Å². The van der Waals surface area contributed by atoms with E-state index in [-0.39, 0.29) is 18.4 Å². The Morgan fingerprint density at radius 3 is 2.40 bits per heavy atom. The summed E-state index contributed by atoms with van der Waals surface area (Å²) in [5.41, 5.74) is 1.39. The van der Waals surface area contributed by atoms with Crippen molar-refractivity contribution in [2.75, 3.05) is 27.7 Å². The van der Waals surface area contributed by atoms with E-state index in [9.17, 15) is 9.59 Å². The number of nitrogens with zero attached hydrogens (tertiary/aromatic N) is 2. The average molecular weight is 344 g/mol. The Hall–Kier alpha value is -2.76. The summed E-state index contributed by atoms with van der Waals surface area (Å²) in [4.78, 5) is 27.3. The van der Waals surface area contributed by atoms with Crippen LogP contribution in [0.25, 0.3) is 0 Å². The highest BCUT2D eigenvalue weighted by Gasteiger charge is 2.14. The van der Waals surface area contributed by atoms with E-state index in [0.717, 1.165) is 17.1 Å². The molecule has 0 radical (unpaired) electrons. The molecule has 2 rings (SSSR count). The lowest BCUT2D eigenvalue weighted by molar-refractivity contribution is -0.132. The van der Waals surface area contributed by atoms with Crippen molar-refractivity contribution in [2.45, 2.75) is 20.4 Å². The van der Waals surface area contributed by atoms with Crippen LogP contribution in [0.2, 0.25) is 0 Å². The second-order valence-electron chi connectivity index (χ2n) is 6.23. The molecule has 25 heavy (non-hydrogen) atoms. The largest absolute Gasteiger partial charge is 0.483 e. The van der Waals surface area contributed by atoms with Crippen LogP contribution >= 0.6 is 0 Å². The number of furan rings is 1. The van der Waals surface area contributed by atoms with Gasteiger partial charge in [0.25, 0.3) is 11.8 Å². The normalized spacial score (nSPS) is 10.4. The van der Waals surface area contributed by atoms with Gasteiger partial charge in [0.2, 0.25) is 0 Å². The molecule has 0 unspecified atom stereocenters. The summed E-state index contributed by atoms with van der Waals surface area (Å²) < 4.78 is 11.1. The molecule has 134 valence electrons. The maximum Gasteiger partial charge on any atom is 0.260 e. The predicted octanol–water partition coefficient (Wildman–Crippen LogP) is 2.64. The monoisotopic (exact) mass is 344 g/mol. The number of carbonyl (C=O) groups excluding carboxylic acids is 2. The maximum absolute atomic E-state index is 12.2. The molecule has 0 spiro atoms. The molecule has 1 heterocycles. The van der Waals surface area contributed by atoms with Crippen molar-refractivity contribution >= 4 is 11.8 Å². The number of hydrogen-bond donors (Lipinski definition) is 0. The van der Waals surface area contributed by atoms with Gasteiger partial charge in [0.1, 0.15) is 17.3 Å². The summed E-state index contributed by atoms with van der Waals surface area (Å²) in [7, 11) is 5.08. The third-order valence-electron chi connectivity index (χ3n) is 3.81. The van der Waals surface area contributed by atoms with Gasteiger partial charge in [-0.15, -0.1) is 0 Å². The molecule has 0 N–H and O–H groups in total. The lowest BCUT2D eigenvalue weighted by atomic mass is 10.1. The topological polar surface area (TPSA) is 63.0 Å². The third-order valence-corrected chi connectivity index (χ3v) is 3.81. The molecular weight excluding hydrogens is 320 g/mol. The van der Waals surface area contributed by atoms with Crippen molar-refractivity contribution in [3.05, 3.63) is 53.0 Å². The smallest absolute Gasteiger partial charge is 0.260 e. The number of likely N-dealkylation sites (N-methyl/N-ethyl adjacent to an activating group) is 1. The number of carbonyl (C=O) groups is 2. The number of hydrogen-bond acceptors (Lipinski definition) is 4. The van der Waals surface area contributed by atoms with Crippen molar-refractivity contribution in [2.24, 2.45) is 0 Å². The van der Waals surface area contributed by atoms with Crippen molar-refractivity contribution < 1.29 is 18.7 Å². The molecule has 2 amide bonds. The Morgan fingerprint density at radius 2 is 1.80 bits per heavy atom.